The fourth-order valence-electron chi connectivity index (χ4n) is 2.84. The summed E-state index contributed by atoms with van der Waals surface area (Å²) in [5, 5.41) is 5.93. The van der Waals surface area contributed by atoms with E-state index >= 15 is 0 Å². The highest BCUT2D eigenvalue weighted by Crippen LogP contribution is 2.21. The van der Waals surface area contributed by atoms with Gasteiger partial charge in [-0.05, 0) is 48.6 Å². The van der Waals surface area contributed by atoms with Gasteiger partial charge in [-0.1, -0.05) is 43.3 Å². The van der Waals surface area contributed by atoms with Crippen molar-refractivity contribution in [3.8, 4) is 0 Å². The molecule has 0 aliphatic heterocycles. The molecule has 144 valence electrons. The van der Waals surface area contributed by atoms with Crippen molar-refractivity contribution in [1.82, 2.24) is 10.2 Å². The van der Waals surface area contributed by atoms with Crippen LogP contribution in [0.25, 0.3) is 0 Å². The second-order valence-corrected chi connectivity index (χ2v) is 7.03. The van der Waals surface area contributed by atoms with Crippen molar-refractivity contribution in [2.45, 2.75) is 39.7 Å². The molecule has 0 bridgehead atoms. The zero-order valence-electron chi connectivity index (χ0n) is 16.8. The minimum atomic E-state index is -0.273. The van der Waals surface area contributed by atoms with Crippen LogP contribution in [0, 0.1) is 13.8 Å². The number of aryl methyl sites for hydroxylation is 2. The summed E-state index contributed by atoms with van der Waals surface area (Å²) in [5.41, 5.74) is 4.98. The molecule has 0 saturated heterocycles. The van der Waals surface area contributed by atoms with Gasteiger partial charge in [0.1, 0.15) is 0 Å². The van der Waals surface area contributed by atoms with Gasteiger partial charge in [-0.2, -0.15) is 0 Å². The molecule has 5 heteroatoms. The molecule has 1 atom stereocenters. The molecule has 0 aliphatic rings. The van der Waals surface area contributed by atoms with E-state index in [1.165, 1.54) is 11.1 Å². The zero-order valence-corrected chi connectivity index (χ0v) is 16.8. The number of anilines is 1. The molecule has 0 unspecified atom stereocenters. The van der Waals surface area contributed by atoms with E-state index in [9.17, 15) is 9.59 Å². The maximum Gasteiger partial charge on any atom is 0.319 e. The van der Waals surface area contributed by atoms with E-state index in [4.69, 9.17) is 0 Å². The largest absolute Gasteiger partial charge is 0.349 e. The first-order valence-corrected chi connectivity index (χ1v) is 9.24. The number of amides is 3. The van der Waals surface area contributed by atoms with E-state index in [1.807, 2.05) is 31.2 Å². The molecule has 0 fully saturated rings. The Balaban J connectivity index is 2.10. The van der Waals surface area contributed by atoms with Gasteiger partial charge < -0.3 is 15.5 Å². The molecule has 2 aromatic carbocycles. The molecule has 2 rings (SSSR count). The lowest BCUT2D eigenvalue weighted by molar-refractivity contribution is -0.127. The lowest BCUT2D eigenvalue weighted by Crippen LogP contribution is -2.33. The van der Waals surface area contributed by atoms with Crippen LogP contribution in [-0.2, 0) is 11.2 Å². The molecular formula is C22H29N3O2. The summed E-state index contributed by atoms with van der Waals surface area (Å²) in [4.78, 5) is 26.1. The lowest BCUT2D eigenvalue weighted by atomic mass is 9.99. The third-order valence-electron chi connectivity index (χ3n) is 4.75. The molecule has 0 aromatic heterocycles. The first kappa shape index (κ1) is 20.5. The fourth-order valence-corrected chi connectivity index (χ4v) is 2.84. The highest BCUT2D eigenvalue weighted by Gasteiger charge is 2.15. The summed E-state index contributed by atoms with van der Waals surface area (Å²) < 4.78 is 0. The van der Waals surface area contributed by atoms with Crippen LogP contribution >= 0.6 is 0 Å². The van der Waals surface area contributed by atoms with Crippen LogP contribution < -0.4 is 10.6 Å². The van der Waals surface area contributed by atoms with Crippen molar-refractivity contribution in [2.75, 3.05) is 19.4 Å². The van der Waals surface area contributed by atoms with Gasteiger partial charge in [0, 0.05) is 19.8 Å². The van der Waals surface area contributed by atoms with Crippen molar-refractivity contribution in [1.29, 1.82) is 0 Å². The summed E-state index contributed by atoms with van der Waals surface area (Å²) in [6, 6.07) is 13.3. The highest BCUT2D eigenvalue weighted by atomic mass is 16.2. The summed E-state index contributed by atoms with van der Waals surface area (Å²) >= 11 is 0. The van der Waals surface area contributed by atoms with Gasteiger partial charge in [0.05, 0.1) is 12.5 Å². The molecule has 0 radical (unpaired) electrons. The molecular weight excluding hydrogens is 338 g/mol. The lowest BCUT2D eigenvalue weighted by Gasteiger charge is -2.20. The van der Waals surface area contributed by atoms with Gasteiger partial charge in [-0.25, -0.2) is 4.79 Å². The maximum absolute atomic E-state index is 12.6. The second-order valence-electron chi connectivity index (χ2n) is 7.03. The maximum atomic E-state index is 12.6. The van der Waals surface area contributed by atoms with Crippen LogP contribution in [0.2, 0.25) is 0 Å². The Morgan fingerprint density at radius 3 is 2.37 bits per heavy atom. The number of benzene rings is 2. The zero-order chi connectivity index (χ0) is 20.0. The predicted octanol–water partition coefficient (Wildman–Crippen LogP) is 4.21. The van der Waals surface area contributed by atoms with Crippen LogP contribution in [-0.4, -0.2) is 30.9 Å². The second kappa shape index (κ2) is 9.21. The number of rotatable bonds is 6. The molecule has 0 heterocycles. The number of nitrogens with zero attached hydrogens (tertiary/aromatic N) is 1. The quantitative estimate of drug-likeness (QED) is 0.803. The number of hydrogen-bond donors (Lipinski definition) is 2. The van der Waals surface area contributed by atoms with E-state index in [-0.39, 0.29) is 24.4 Å². The third kappa shape index (κ3) is 5.58. The van der Waals surface area contributed by atoms with Crippen LogP contribution in [0.5, 0.6) is 0 Å². The molecule has 2 N–H and O–H groups in total. The third-order valence-corrected chi connectivity index (χ3v) is 4.75. The first-order chi connectivity index (χ1) is 12.8. The van der Waals surface area contributed by atoms with Crippen molar-refractivity contribution >= 4 is 17.6 Å². The van der Waals surface area contributed by atoms with Crippen LogP contribution in [0.4, 0.5) is 10.5 Å². The SMILES string of the molecule is CC[C@@H](NC(=O)Nc1ccccc1CC(=O)N(C)C)c1ccc(C)c(C)c1. The number of urea groups is 1. The van der Waals surface area contributed by atoms with Crippen LogP contribution in [0.15, 0.2) is 42.5 Å². The van der Waals surface area contributed by atoms with Crippen LogP contribution in [0.3, 0.4) is 0 Å². The summed E-state index contributed by atoms with van der Waals surface area (Å²) in [6.45, 7) is 6.19. The van der Waals surface area contributed by atoms with E-state index in [0.717, 1.165) is 17.5 Å². The molecule has 3 amide bonds. The Labute approximate surface area is 161 Å². The summed E-state index contributed by atoms with van der Waals surface area (Å²) in [7, 11) is 3.45. The van der Waals surface area contributed by atoms with Gasteiger partial charge in [0.15, 0.2) is 0 Å². The number of para-hydroxylation sites is 1. The van der Waals surface area contributed by atoms with E-state index in [2.05, 4.69) is 42.7 Å². The number of nitrogens with one attached hydrogen (secondary N) is 2. The average Bonchev–Trinajstić information content (AvgIpc) is 2.63. The van der Waals surface area contributed by atoms with Crippen molar-refractivity contribution < 1.29 is 9.59 Å². The average molecular weight is 367 g/mol. The fraction of sp³-hybridized carbons (Fsp3) is 0.364. The highest BCUT2D eigenvalue weighted by molar-refractivity contribution is 5.91. The Morgan fingerprint density at radius 1 is 1.04 bits per heavy atom. The number of hydrogen-bond acceptors (Lipinski definition) is 2. The van der Waals surface area contributed by atoms with Gasteiger partial charge >= 0.3 is 6.03 Å². The number of carbonyl (C=O) groups is 2. The van der Waals surface area contributed by atoms with Crippen molar-refractivity contribution in [2.24, 2.45) is 0 Å². The normalized spacial score (nSPS) is 11.6. The summed E-state index contributed by atoms with van der Waals surface area (Å²) in [6.07, 6.45) is 1.04. The number of likely N-dealkylation sites (N-methyl/N-ethyl adjacent to an activating group) is 1. The van der Waals surface area contributed by atoms with Gasteiger partial charge in [-0.15, -0.1) is 0 Å². The Morgan fingerprint density at radius 2 is 1.74 bits per heavy atom. The molecule has 0 aliphatic carbocycles. The Kier molecular flexibility index (Phi) is 6.99. The van der Waals surface area contributed by atoms with E-state index in [0.29, 0.717) is 5.69 Å². The van der Waals surface area contributed by atoms with Gasteiger partial charge in [0.25, 0.3) is 0 Å². The minimum Gasteiger partial charge on any atom is -0.349 e. The van der Waals surface area contributed by atoms with Gasteiger partial charge in [0.2, 0.25) is 5.91 Å². The standard InChI is InChI=1S/C22H29N3O2/c1-6-19(18-12-11-15(2)16(3)13-18)23-22(27)24-20-10-8-7-9-17(20)14-21(26)25(4)5/h7-13,19H,6,14H2,1-5H3,(H2,23,24,27)/t19-/m1/s1. The Hall–Kier alpha value is -2.82. The van der Waals surface area contributed by atoms with E-state index < -0.39 is 0 Å². The number of carbonyl (C=O) groups excluding carboxylic acids is 2. The topological polar surface area (TPSA) is 61.4 Å². The molecule has 0 spiro atoms. The monoisotopic (exact) mass is 367 g/mol. The Bertz CT molecular complexity index is 815. The van der Waals surface area contributed by atoms with Crippen LogP contribution in [0.1, 0.15) is 41.6 Å². The van der Waals surface area contributed by atoms with E-state index in [1.54, 1.807) is 19.0 Å². The minimum absolute atomic E-state index is 0.00813. The molecule has 2 aromatic rings. The van der Waals surface area contributed by atoms with Crippen molar-refractivity contribution in [3.63, 3.8) is 0 Å². The first-order valence-electron chi connectivity index (χ1n) is 9.24. The van der Waals surface area contributed by atoms with Crippen molar-refractivity contribution in [3.05, 3.63) is 64.7 Å². The molecule has 27 heavy (non-hydrogen) atoms. The summed E-state index contributed by atoms with van der Waals surface area (Å²) in [5.74, 6) is -0.00813. The van der Waals surface area contributed by atoms with Gasteiger partial charge in [-0.3, -0.25) is 4.79 Å². The molecule has 0 saturated carbocycles. The smallest absolute Gasteiger partial charge is 0.319 e. The molecule has 5 nitrogen and oxygen atoms in total. The predicted molar refractivity (Wildman–Crippen MR) is 110 cm³/mol.